The molecule has 3 heteroatoms. The predicted molar refractivity (Wildman–Crippen MR) is 80.3 cm³/mol. The van der Waals surface area contributed by atoms with E-state index in [0.29, 0.717) is 6.04 Å². The van der Waals surface area contributed by atoms with Gasteiger partial charge < -0.3 is 10.1 Å². The van der Waals surface area contributed by atoms with Gasteiger partial charge in [0.1, 0.15) is 0 Å². The van der Waals surface area contributed by atoms with Crippen LogP contribution in [0, 0.1) is 0 Å². The molecule has 0 bridgehead atoms. The minimum atomic E-state index is -0.0923. The Morgan fingerprint density at radius 1 is 1.32 bits per heavy atom. The lowest BCUT2D eigenvalue weighted by atomic mass is 9.84. The van der Waals surface area contributed by atoms with Crippen molar-refractivity contribution in [3.8, 4) is 0 Å². The van der Waals surface area contributed by atoms with Crippen molar-refractivity contribution in [1.82, 2.24) is 10.3 Å². The lowest BCUT2D eigenvalue weighted by molar-refractivity contribution is -0.0471. The minimum Gasteiger partial charge on any atom is -0.377 e. The molecule has 0 fully saturated rings. The summed E-state index contributed by atoms with van der Waals surface area (Å²) in [4.78, 5) is 4.21. The first-order chi connectivity index (χ1) is 9.22. The van der Waals surface area contributed by atoms with Crippen molar-refractivity contribution in [2.45, 2.75) is 58.1 Å². The maximum atomic E-state index is 5.88. The van der Waals surface area contributed by atoms with Gasteiger partial charge in [-0.25, -0.2) is 0 Å². The zero-order valence-corrected chi connectivity index (χ0v) is 12.8. The summed E-state index contributed by atoms with van der Waals surface area (Å²) in [5.74, 6) is 0. The highest BCUT2D eigenvalue weighted by molar-refractivity contribution is 5.12. The lowest BCUT2D eigenvalue weighted by Crippen LogP contribution is -2.53. The molecule has 0 saturated heterocycles. The fraction of sp³-hybridized carbons (Fsp3) is 0.688. The fourth-order valence-corrected chi connectivity index (χ4v) is 2.69. The van der Waals surface area contributed by atoms with Crippen molar-refractivity contribution >= 4 is 0 Å². The molecule has 0 aliphatic heterocycles. The van der Waals surface area contributed by atoms with E-state index in [0.717, 1.165) is 32.2 Å². The highest BCUT2D eigenvalue weighted by Crippen LogP contribution is 2.26. The van der Waals surface area contributed by atoms with Gasteiger partial charge in [-0.15, -0.1) is 0 Å². The molecule has 0 radical (unpaired) electrons. The average Bonchev–Trinajstić information content (AvgIpc) is 2.48. The third kappa shape index (κ3) is 4.29. The molecule has 1 rings (SSSR count). The summed E-state index contributed by atoms with van der Waals surface area (Å²) in [6.07, 6.45) is 7.90. The number of aromatic nitrogens is 1. The van der Waals surface area contributed by atoms with Gasteiger partial charge in [-0.1, -0.05) is 26.8 Å². The summed E-state index contributed by atoms with van der Waals surface area (Å²) in [6.45, 7) is 7.63. The van der Waals surface area contributed by atoms with Crippen LogP contribution in [0.3, 0.4) is 0 Å². The van der Waals surface area contributed by atoms with E-state index in [1.807, 2.05) is 25.6 Å². The number of pyridine rings is 1. The minimum absolute atomic E-state index is 0.0923. The highest BCUT2D eigenvalue weighted by atomic mass is 16.5. The summed E-state index contributed by atoms with van der Waals surface area (Å²) in [7, 11) is 1.83. The maximum Gasteiger partial charge on any atom is 0.0828 e. The molecule has 0 saturated carbocycles. The van der Waals surface area contributed by atoms with Gasteiger partial charge in [0.15, 0.2) is 0 Å². The molecule has 1 atom stereocenters. The number of hydrogen-bond donors (Lipinski definition) is 1. The number of nitrogens with one attached hydrogen (secondary N) is 1. The Bertz CT molecular complexity index is 328. The van der Waals surface area contributed by atoms with Gasteiger partial charge in [0, 0.05) is 25.5 Å². The van der Waals surface area contributed by atoms with Gasteiger partial charge in [-0.05, 0) is 43.9 Å². The van der Waals surface area contributed by atoms with Crippen LogP contribution in [0.1, 0.15) is 45.6 Å². The molecule has 19 heavy (non-hydrogen) atoms. The van der Waals surface area contributed by atoms with Crippen LogP contribution in [0.5, 0.6) is 0 Å². The van der Waals surface area contributed by atoms with Crippen LogP contribution >= 0.6 is 0 Å². The molecule has 0 amide bonds. The van der Waals surface area contributed by atoms with Crippen molar-refractivity contribution in [2.75, 3.05) is 13.7 Å². The van der Waals surface area contributed by atoms with Crippen LogP contribution < -0.4 is 5.32 Å². The van der Waals surface area contributed by atoms with Crippen molar-refractivity contribution in [3.63, 3.8) is 0 Å². The fourth-order valence-electron chi connectivity index (χ4n) is 2.69. The second-order valence-electron chi connectivity index (χ2n) is 5.05. The van der Waals surface area contributed by atoms with E-state index in [1.54, 1.807) is 0 Å². The first-order valence-electron chi connectivity index (χ1n) is 7.39. The van der Waals surface area contributed by atoms with Crippen LogP contribution in [0.25, 0.3) is 0 Å². The van der Waals surface area contributed by atoms with Gasteiger partial charge in [0.2, 0.25) is 0 Å². The molecule has 1 N–H and O–H groups in total. The molecule has 0 aliphatic rings. The lowest BCUT2D eigenvalue weighted by Gasteiger charge is -2.39. The Labute approximate surface area is 117 Å². The second-order valence-corrected chi connectivity index (χ2v) is 5.05. The quantitative estimate of drug-likeness (QED) is 0.743. The Hall–Kier alpha value is -0.930. The van der Waals surface area contributed by atoms with Gasteiger partial charge in [0.05, 0.1) is 5.60 Å². The first kappa shape index (κ1) is 16.1. The summed E-state index contributed by atoms with van der Waals surface area (Å²) in [6, 6.07) is 4.47. The zero-order valence-electron chi connectivity index (χ0n) is 12.8. The maximum absolute atomic E-state index is 5.88. The Morgan fingerprint density at radius 2 is 2.05 bits per heavy atom. The van der Waals surface area contributed by atoms with E-state index < -0.39 is 0 Å². The first-order valence-corrected chi connectivity index (χ1v) is 7.39. The molecule has 1 unspecified atom stereocenters. The van der Waals surface area contributed by atoms with Gasteiger partial charge >= 0.3 is 0 Å². The highest BCUT2D eigenvalue weighted by Gasteiger charge is 2.35. The second kappa shape index (κ2) is 8.28. The Morgan fingerprint density at radius 3 is 2.53 bits per heavy atom. The van der Waals surface area contributed by atoms with Gasteiger partial charge in [-0.3, -0.25) is 4.98 Å². The molecule has 108 valence electrons. The van der Waals surface area contributed by atoms with Crippen LogP contribution in [-0.2, 0) is 11.2 Å². The normalized spacial score (nSPS) is 13.5. The Kier molecular flexibility index (Phi) is 7.03. The average molecular weight is 264 g/mol. The summed E-state index contributed by atoms with van der Waals surface area (Å²) >= 11 is 0. The molecule has 1 aromatic rings. The third-order valence-corrected chi connectivity index (χ3v) is 4.04. The van der Waals surface area contributed by atoms with E-state index in [4.69, 9.17) is 4.74 Å². The smallest absolute Gasteiger partial charge is 0.0828 e. The van der Waals surface area contributed by atoms with E-state index in [1.165, 1.54) is 5.56 Å². The summed E-state index contributed by atoms with van der Waals surface area (Å²) in [5.41, 5.74) is 1.17. The van der Waals surface area contributed by atoms with Crippen molar-refractivity contribution < 1.29 is 4.74 Å². The van der Waals surface area contributed by atoms with Gasteiger partial charge in [-0.2, -0.15) is 0 Å². The Balaban J connectivity index is 2.86. The zero-order chi connectivity index (χ0) is 14.1. The molecule has 1 aromatic heterocycles. The summed E-state index contributed by atoms with van der Waals surface area (Å²) in [5, 5.41) is 3.66. The molecule has 0 aromatic carbocycles. The van der Waals surface area contributed by atoms with Gasteiger partial charge in [0.25, 0.3) is 0 Å². The van der Waals surface area contributed by atoms with E-state index >= 15 is 0 Å². The van der Waals surface area contributed by atoms with Crippen LogP contribution in [0.2, 0.25) is 0 Å². The number of ether oxygens (including phenoxy) is 1. The third-order valence-electron chi connectivity index (χ3n) is 4.04. The van der Waals surface area contributed by atoms with E-state index in [-0.39, 0.29) is 5.60 Å². The standard InChI is InChI=1S/C16H28N2O/c1-5-10-18-15(16(6-2,7-3)19-4)12-14-9-8-11-17-13-14/h8-9,11,13,15,18H,5-7,10,12H2,1-4H3. The van der Waals surface area contributed by atoms with Crippen LogP contribution in [0.4, 0.5) is 0 Å². The molecule has 1 heterocycles. The van der Waals surface area contributed by atoms with Crippen LogP contribution in [0.15, 0.2) is 24.5 Å². The van der Waals surface area contributed by atoms with Crippen LogP contribution in [-0.4, -0.2) is 30.3 Å². The molecular formula is C16H28N2O. The predicted octanol–water partition coefficient (Wildman–Crippen LogP) is 3.20. The number of rotatable bonds is 9. The molecule has 3 nitrogen and oxygen atoms in total. The monoisotopic (exact) mass is 264 g/mol. The SMILES string of the molecule is CCCNC(Cc1cccnc1)C(CC)(CC)OC. The van der Waals surface area contributed by atoms with Crippen molar-refractivity contribution in [3.05, 3.63) is 30.1 Å². The summed E-state index contributed by atoms with van der Waals surface area (Å²) < 4.78 is 5.88. The topological polar surface area (TPSA) is 34.2 Å². The molecular weight excluding hydrogens is 236 g/mol. The number of hydrogen-bond acceptors (Lipinski definition) is 3. The van der Waals surface area contributed by atoms with Crippen molar-refractivity contribution in [1.29, 1.82) is 0 Å². The largest absolute Gasteiger partial charge is 0.377 e. The number of nitrogens with zero attached hydrogens (tertiary/aromatic N) is 1. The molecule has 0 aliphatic carbocycles. The number of methoxy groups -OCH3 is 1. The van der Waals surface area contributed by atoms with Crippen molar-refractivity contribution in [2.24, 2.45) is 0 Å². The van der Waals surface area contributed by atoms with E-state index in [9.17, 15) is 0 Å². The molecule has 0 spiro atoms. The van der Waals surface area contributed by atoms with E-state index in [2.05, 4.69) is 37.1 Å².